The van der Waals surface area contributed by atoms with Gasteiger partial charge in [0.1, 0.15) is 5.75 Å². The first-order valence-corrected chi connectivity index (χ1v) is 5.94. The normalized spacial score (nSPS) is 10.1. The van der Waals surface area contributed by atoms with Gasteiger partial charge in [-0.05, 0) is 12.8 Å². The predicted molar refractivity (Wildman–Crippen MR) is 69.1 cm³/mol. The van der Waals surface area contributed by atoms with Crippen molar-refractivity contribution in [3.05, 3.63) is 28.3 Å². The second kappa shape index (κ2) is 7.50. The molecule has 0 aliphatic rings. The molecule has 0 amide bonds. The largest absolute Gasteiger partial charge is 0.493 e. The molecule has 0 atom stereocenters. The van der Waals surface area contributed by atoms with Gasteiger partial charge in [-0.25, -0.2) is 0 Å². The van der Waals surface area contributed by atoms with Gasteiger partial charge in [0.15, 0.2) is 0 Å². The number of aliphatic hydroxyl groups excluding tert-OH is 1. The number of ether oxygens (including phenoxy) is 1. The average Bonchev–Trinajstić information content (AvgIpc) is 2.36. The summed E-state index contributed by atoms with van der Waals surface area (Å²) in [5.41, 5.74) is 0.624. The number of hydrogen-bond acceptors (Lipinski definition) is 5. The van der Waals surface area contributed by atoms with Crippen LogP contribution in [0.2, 0.25) is 0 Å². The first kappa shape index (κ1) is 14.2. The third kappa shape index (κ3) is 4.58. The second-order valence-corrected chi connectivity index (χ2v) is 3.83. The summed E-state index contributed by atoms with van der Waals surface area (Å²) in [6.45, 7) is 3.14. The van der Waals surface area contributed by atoms with E-state index in [1.54, 1.807) is 6.07 Å². The number of aliphatic hydroxyl groups is 1. The van der Waals surface area contributed by atoms with Gasteiger partial charge in [-0.2, -0.15) is 0 Å². The molecule has 0 saturated heterocycles. The number of nitro groups is 1. The number of non-ortho nitro benzene ring substituents is 1. The summed E-state index contributed by atoms with van der Waals surface area (Å²) in [4.78, 5) is 10.3. The van der Waals surface area contributed by atoms with E-state index in [-0.39, 0.29) is 12.3 Å². The molecular formula is C12H18N2O4. The molecule has 0 aromatic heterocycles. The quantitative estimate of drug-likeness (QED) is 0.422. The van der Waals surface area contributed by atoms with E-state index in [9.17, 15) is 10.1 Å². The minimum atomic E-state index is -0.448. The monoisotopic (exact) mass is 254 g/mol. The van der Waals surface area contributed by atoms with Crippen LogP contribution >= 0.6 is 0 Å². The van der Waals surface area contributed by atoms with Crippen molar-refractivity contribution in [3.63, 3.8) is 0 Å². The lowest BCUT2D eigenvalue weighted by atomic mass is 10.2. The molecule has 1 rings (SSSR count). The van der Waals surface area contributed by atoms with Crippen LogP contribution in [0.15, 0.2) is 18.2 Å². The minimum Gasteiger partial charge on any atom is -0.493 e. The Balaban J connectivity index is 2.80. The summed E-state index contributed by atoms with van der Waals surface area (Å²) in [5, 5.41) is 22.5. The highest BCUT2D eigenvalue weighted by atomic mass is 16.6. The van der Waals surface area contributed by atoms with Crippen molar-refractivity contribution in [2.45, 2.75) is 19.8 Å². The number of nitro benzene ring substituents is 1. The van der Waals surface area contributed by atoms with Crippen LogP contribution in [0.3, 0.4) is 0 Å². The first-order chi connectivity index (χ1) is 8.67. The fourth-order valence-electron chi connectivity index (χ4n) is 1.41. The minimum absolute atomic E-state index is 0.00454. The lowest BCUT2D eigenvalue weighted by Gasteiger charge is -2.09. The van der Waals surface area contributed by atoms with Crippen molar-refractivity contribution in [3.8, 4) is 5.75 Å². The van der Waals surface area contributed by atoms with Crippen molar-refractivity contribution in [1.29, 1.82) is 0 Å². The van der Waals surface area contributed by atoms with E-state index in [1.807, 2.05) is 6.92 Å². The molecule has 0 saturated carbocycles. The van der Waals surface area contributed by atoms with Crippen LogP contribution in [0.25, 0.3) is 0 Å². The zero-order valence-corrected chi connectivity index (χ0v) is 10.4. The van der Waals surface area contributed by atoms with Crippen LogP contribution in [-0.4, -0.2) is 29.8 Å². The molecule has 0 fully saturated rings. The number of nitrogens with zero attached hydrogens (tertiary/aromatic N) is 1. The molecule has 2 N–H and O–H groups in total. The van der Waals surface area contributed by atoms with Crippen LogP contribution in [0, 0.1) is 10.1 Å². The van der Waals surface area contributed by atoms with Gasteiger partial charge in [-0.15, -0.1) is 0 Å². The van der Waals surface area contributed by atoms with Crippen molar-refractivity contribution in [1.82, 2.24) is 0 Å². The van der Waals surface area contributed by atoms with Gasteiger partial charge in [0.2, 0.25) is 0 Å². The van der Waals surface area contributed by atoms with Gasteiger partial charge >= 0.3 is 0 Å². The third-order valence-corrected chi connectivity index (χ3v) is 2.24. The Morgan fingerprint density at radius 2 is 2.22 bits per heavy atom. The van der Waals surface area contributed by atoms with E-state index in [2.05, 4.69) is 5.32 Å². The molecule has 1 aromatic carbocycles. The SMILES string of the molecule is CCCOc1cc(NCCCO)cc([N+](=O)[O-])c1. The standard InChI is InChI=1S/C12H18N2O4/c1-2-6-18-12-8-10(13-4-3-5-15)7-11(9-12)14(16)17/h7-9,13,15H,2-6H2,1H3. The Hall–Kier alpha value is -1.82. The number of nitrogens with one attached hydrogen (secondary N) is 1. The van der Waals surface area contributed by atoms with E-state index >= 15 is 0 Å². The topological polar surface area (TPSA) is 84.6 Å². The van der Waals surface area contributed by atoms with Crippen LogP contribution < -0.4 is 10.1 Å². The van der Waals surface area contributed by atoms with Crippen LogP contribution in [0.4, 0.5) is 11.4 Å². The fraction of sp³-hybridized carbons (Fsp3) is 0.500. The average molecular weight is 254 g/mol. The van der Waals surface area contributed by atoms with E-state index in [0.29, 0.717) is 31.0 Å². The molecular weight excluding hydrogens is 236 g/mol. The molecule has 18 heavy (non-hydrogen) atoms. The van der Waals surface area contributed by atoms with Crippen molar-refractivity contribution in [2.75, 3.05) is 25.1 Å². The molecule has 1 aromatic rings. The summed E-state index contributed by atoms with van der Waals surface area (Å²) in [6.07, 6.45) is 1.43. The van der Waals surface area contributed by atoms with Crippen LogP contribution in [0.1, 0.15) is 19.8 Å². The smallest absolute Gasteiger partial charge is 0.275 e. The van der Waals surface area contributed by atoms with E-state index in [1.165, 1.54) is 12.1 Å². The van der Waals surface area contributed by atoms with E-state index in [0.717, 1.165) is 6.42 Å². The summed E-state index contributed by atoms with van der Waals surface area (Å²) >= 11 is 0. The van der Waals surface area contributed by atoms with Crippen molar-refractivity contribution < 1.29 is 14.8 Å². The molecule has 0 spiro atoms. The highest BCUT2D eigenvalue weighted by Gasteiger charge is 2.10. The van der Waals surface area contributed by atoms with E-state index in [4.69, 9.17) is 9.84 Å². The van der Waals surface area contributed by atoms with Gasteiger partial charge in [-0.1, -0.05) is 6.92 Å². The summed E-state index contributed by atoms with van der Waals surface area (Å²) in [6, 6.07) is 4.59. The zero-order valence-electron chi connectivity index (χ0n) is 10.4. The third-order valence-electron chi connectivity index (χ3n) is 2.24. The van der Waals surface area contributed by atoms with Crippen molar-refractivity contribution >= 4 is 11.4 Å². The highest BCUT2D eigenvalue weighted by Crippen LogP contribution is 2.26. The predicted octanol–water partition coefficient (Wildman–Crippen LogP) is 2.18. The molecule has 0 radical (unpaired) electrons. The molecule has 100 valence electrons. The van der Waals surface area contributed by atoms with Crippen molar-refractivity contribution in [2.24, 2.45) is 0 Å². The molecule has 0 aliphatic heterocycles. The molecule has 6 nitrogen and oxygen atoms in total. The van der Waals surface area contributed by atoms with Crippen LogP contribution in [-0.2, 0) is 0 Å². The maximum Gasteiger partial charge on any atom is 0.275 e. The Labute approximate surface area is 106 Å². The molecule has 6 heteroatoms. The second-order valence-electron chi connectivity index (χ2n) is 3.83. The zero-order chi connectivity index (χ0) is 13.4. The number of benzene rings is 1. The number of rotatable bonds is 8. The maximum atomic E-state index is 10.8. The van der Waals surface area contributed by atoms with Gasteiger partial charge in [0.05, 0.1) is 17.6 Å². The summed E-state index contributed by atoms with van der Waals surface area (Å²) in [7, 11) is 0. The van der Waals surface area contributed by atoms with Gasteiger partial charge in [-0.3, -0.25) is 10.1 Å². The first-order valence-electron chi connectivity index (χ1n) is 5.94. The molecule has 0 bridgehead atoms. The molecule has 0 aliphatic carbocycles. The fourth-order valence-corrected chi connectivity index (χ4v) is 1.41. The lowest BCUT2D eigenvalue weighted by Crippen LogP contribution is -2.04. The molecule has 0 heterocycles. The highest BCUT2D eigenvalue weighted by molar-refractivity contribution is 5.56. The Bertz CT molecular complexity index is 396. The Morgan fingerprint density at radius 1 is 1.44 bits per heavy atom. The van der Waals surface area contributed by atoms with Crippen LogP contribution in [0.5, 0.6) is 5.75 Å². The van der Waals surface area contributed by atoms with Gasteiger partial charge in [0.25, 0.3) is 5.69 Å². The Morgan fingerprint density at radius 3 is 2.83 bits per heavy atom. The Kier molecular flexibility index (Phi) is 5.93. The molecule has 0 unspecified atom stereocenters. The van der Waals surface area contributed by atoms with E-state index < -0.39 is 4.92 Å². The van der Waals surface area contributed by atoms with Gasteiger partial charge in [0, 0.05) is 31.0 Å². The summed E-state index contributed by atoms with van der Waals surface area (Å²) < 4.78 is 5.40. The van der Waals surface area contributed by atoms with Gasteiger partial charge < -0.3 is 15.2 Å². The number of hydrogen-bond donors (Lipinski definition) is 2. The summed E-state index contributed by atoms with van der Waals surface area (Å²) in [5.74, 6) is 0.484. The maximum absolute atomic E-state index is 10.8. The lowest BCUT2D eigenvalue weighted by molar-refractivity contribution is -0.384. The number of anilines is 1.